The molecular formula is C11H16BrNO3. The van der Waals surface area contributed by atoms with Crippen molar-refractivity contribution in [2.45, 2.75) is 26.4 Å². The smallest absolute Gasteiger partial charge is 0.287 e. The highest BCUT2D eigenvalue weighted by Gasteiger charge is 2.12. The number of hydrogen-bond donors (Lipinski definition) is 2. The van der Waals surface area contributed by atoms with Gasteiger partial charge in [0.15, 0.2) is 10.4 Å². The van der Waals surface area contributed by atoms with Crippen LogP contribution in [0.5, 0.6) is 0 Å². The van der Waals surface area contributed by atoms with E-state index in [0.717, 1.165) is 0 Å². The Hall–Kier alpha value is -0.810. The van der Waals surface area contributed by atoms with Crippen LogP contribution in [-0.4, -0.2) is 23.7 Å². The largest absolute Gasteiger partial charge is 0.444 e. The SMILES string of the molecule is CC(O)CC(C)CNC(=O)c1ccc(Br)o1. The molecule has 1 aromatic rings. The summed E-state index contributed by atoms with van der Waals surface area (Å²) in [4.78, 5) is 11.6. The van der Waals surface area contributed by atoms with E-state index in [2.05, 4.69) is 21.2 Å². The molecule has 0 saturated heterocycles. The van der Waals surface area contributed by atoms with Crippen molar-refractivity contribution in [1.29, 1.82) is 0 Å². The lowest BCUT2D eigenvalue weighted by Crippen LogP contribution is -2.29. The van der Waals surface area contributed by atoms with Crippen LogP contribution in [0.25, 0.3) is 0 Å². The maximum atomic E-state index is 11.6. The molecule has 0 spiro atoms. The van der Waals surface area contributed by atoms with Gasteiger partial charge in [-0.05, 0) is 47.3 Å². The number of hydrogen-bond acceptors (Lipinski definition) is 3. The number of furan rings is 1. The Labute approximate surface area is 103 Å². The fourth-order valence-corrected chi connectivity index (χ4v) is 1.76. The molecule has 16 heavy (non-hydrogen) atoms. The number of aliphatic hydroxyl groups excluding tert-OH is 1. The van der Waals surface area contributed by atoms with Gasteiger partial charge in [0.25, 0.3) is 5.91 Å². The Morgan fingerprint density at radius 2 is 2.25 bits per heavy atom. The van der Waals surface area contributed by atoms with Crippen molar-refractivity contribution in [2.75, 3.05) is 6.54 Å². The van der Waals surface area contributed by atoms with Gasteiger partial charge in [-0.15, -0.1) is 0 Å². The second-order valence-electron chi connectivity index (χ2n) is 4.00. The summed E-state index contributed by atoms with van der Waals surface area (Å²) in [5, 5.41) is 11.9. The zero-order valence-electron chi connectivity index (χ0n) is 9.37. The van der Waals surface area contributed by atoms with Crippen LogP contribution in [0.3, 0.4) is 0 Å². The van der Waals surface area contributed by atoms with E-state index in [-0.39, 0.29) is 23.7 Å². The van der Waals surface area contributed by atoms with Crippen molar-refractivity contribution < 1.29 is 14.3 Å². The molecule has 0 aromatic carbocycles. The number of carbonyl (C=O) groups excluding carboxylic acids is 1. The summed E-state index contributed by atoms with van der Waals surface area (Å²) in [5.41, 5.74) is 0. The average Bonchev–Trinajstić information content (AvgIpc) is 2.60. The molecule has 0 aliphatic heterocycles. The van der Waals surface area contributed by atoms with Gasteiger partial charge in [0.1, 0.15) is 0 Å². The van der Waals surface area contributed by atoms with Gasteiger partial charge in [0.05, 0.1) is 6.10 Å². The Morgan fingerprint density at radius 1 is 1.56 bits per heavy atom. The molecule has 90 valence electrons. The molecule has 2 N–H and O–H groups in total. The van der Waals surface area contributed by atoms with Crippen LogP contribution in [-0.2, 0) is 0 Å². The molecule has 0 aliphatic carbocycles. The van der Waals surface area contributed by atoms with E-state index in [0.29, 0.717) is 17.6 Å². The molecule has 1 aromatic heterocycles. The molecular weight excluding hydrogens is 274 g/mol. The zero-order chi connectivity index (χ0) is 12.1. The van der Waals surface area contributed by atoms with Crippen molar-refractivity contribution in [3.05, 3.63) is 22.6 Å². The van der Waals surface area contributed by atoms with Crippen LogP contribution in [0.2, 0.25) is 0 Å². The van der Waals surface area contributed by atoms with E-state index < -0.39 is 0 Å². The Morgan fingerprint density at radius 3 is 2.75 bits per heavy atom. The summed E-state index contributed by atoms with van der Waals surface area (Å²) < 4.78 is 5.65. The monoisotopic (exact) mass is 289 g/mol. The number of amides is 1. The Kier molecular flexibility index (Phi) is 5.02. The quantitative estimate of drug-likeness (QED) is 0.873. The molecule has 0 bridgehead atoms. The van der Waals surface area contributed by atoms with Crippen LogP contribution in [0.4, 0.5) is 0 Å². The minimum absolute atomic E-state index is 0.233. The van der Waals surface area contributed by atoms with E-state index in [4.69, 9.17) is 4.42 Å². The van der Waals surface area contributed by atoms with Crippen LogP contribution < -0.4 is 5.32 Å². The molecule has 5 heteroatoms. The summed E-state index contributed by atoms with van der Waals surface area (Å²) in [5.74, 6) is 0.293. The molecule has 1 rings (SSSR count). The molecule has 0 saturated carbocycles. The molecule has 2 atom stereocenters. The standard InChI is InChI=1S/C11H16BrNO3/c1-7(5-8(2)14)6-13-11(15)9-3-4-10(12)16-9/h3-4,7-8,14H,5-6H2,1-2H3,(H,13,15). The highest BCUT2D eigenvalue weighted by molar-refractivity contribution is 9.10. The third-order valence-corrected chi connectivity index (χ3v) is 2.58. The van der Waals surface area contributed by atoms with E-state index in [1.165, 1.54) is 0 Å². The average molecular weight is 290 g/mol. The maximum Gasteiger partial charge on any atom is 0.287 e. The van der Waals surface area contributed by atoms with Crippen LogP contribution in [0.15, 0.2) is 21.2 Å². The minimum Gasteiger partial charge on any atom is -0.444 e. The second-order valence-corrected chi connectivity index (χ2v) is 4.79. The van der Waals surface area contributed by atoms with Crippen LogP contribution >= 0.6 is 15.9 Å². The number of rotatable bonds is 5. The van der Waals surface area contributed by atoms with Crippen molar-refractivity contribution in [3.63, 3.8) is 0 Å². The first-order valence-electron chi connectivity index (χ1n) is 5.20. The highest BCUT2D eigenvalue weighted by Crippen LogP contribution is 2.14. The van der Waals surface area contributed by atoms with Gasteiger partial charge in [-0.2, -0.15) is 0 Å². The molecule has 1 heterocycles. The number of carbonyl (C=O) groups is 1. The van der Waals surface area contributed by atoms with Gasteiger partial charge in [-0.25, -0.2) is 0 Å². The second kappa shape index (κ2) is 6.06. The minimum atomic E-state index is -0.343. The number of aliphatic hydroxyl groups is 1. The third kappa shape index (κ3) is 4.37. The first-order chi connectivity index (χ1) is 7.49. The molecule has 0 aliphatic rings. The van der Waals surface area contributed by atoms with E-state index in [1.54, 1.807) is 19.1 Å². The summed E-state index contributed by atoms with van der Waals surface area (Å²) in [6.45, 7) is 4.25. The van der Waals surface area contributed by atoms with Gasteiger partial charge < -0.3 is 14.8 Å². The number of halogens is 1. The molecule has 0 fully saturated rings. The summed E-state index contributed by atoms with van der Waals surface area (Å²) in [7, 11) is 0. The van der Waals surface area contributed by atoms with Gasteiger partial charge >= 0.3 is 0 Å². The predicted octanol–water partition coefficient (Wildman–Crippen LogP) is 2.18. The Bertz CT molecular complexity index is 349. The first kappa shape index (κ1) is 13.3. The van der Waals surface area contributed by atoms with Crippen molar-refractivity contribution in [2.24, 2.45) is 5.92 Å². The van der Waals surface area contributed by atoms with Crippen molar-refractivity contribution in [3.8, 4) is 0 Å². The third-order valence-electron chi connectivity index (χ3n) is 2.15. The maximum absolute atomic E-state index is 11.6. The van der Waals surface area contributed by atoms with Gasteiger partial charge in [-0.3, -0.25) is 4.79 Å². The fraction of sp³-hybridized carbons (Fsp3) is 0.545. The lowest BCUT2D eigenvalue weighted by atomic mass is 10.0. The van der Waals surface area contributed by atoms with E-state index in [1.807, 2.05) is 6.92 Å². The van der Waals surface area contributed by atoms with E-state index in [9.17, 15) is 9.90 Å². The van der Waals surface area contributed by atoms with E-state index >= 15 is 0 Å². The lowest BCUT2D eigenvalue weighted by molar-refractivity contribution is 0.0910. The Balaban J connectivity index is 2.35. The van der Waals surface area contributed by atoms with Crippen molar-refractivity contribution >= 4 is 21.8 Å². The fourth-order valence-electron chi connectivity index (χ4n) is 1.46. The highest BCUT2D eigenvalue weighted by atomic mass is 79.9. The van der Waals surface area contributed by atoms with Gasteiger partial charge in [0, 0.05) is 6.54 Å². The molecule has 2 unspecified atom stereocenters. The summed E-state index contributed by atoms with van der Waals surface area (Å²) >= 11 is 3.13. The molecule has 4 nitrogen and oxygen atoms in total. The summed E-state index contributed by atoms with van der Waals surface area (Å²) in [6.07, 6.45) is 0.326. The van der Waals surface area contributed by atoms with Crippen LogP contribution in [0.1, 0.15) is 30.8 Å². The van der Waals surface area contributed by atoms with Crippen LogP contribution in [0, 0.1) is 5.92 Å². The molecule has 0 radical (unpaired) electrons. The normalized spacial score (nSPS) is 14.5. The predicted molar refractivity (Wildman–Crippen MR) is 64.2 cm³/mol. The molecule has 1 amide bonds. The van der Waals surface area contributed by atoms with Gasteiger partial charge in [0.2, 0.25) is 0 Å². The zero-order valence-corrected chi connectivity index (χ0v) is 11.0. The van der Waals surface area contributed by atoms with Gasteiger partial charge in [-0.1, -0.05) is 6.92 Å². The topological polar surface area (TPSA) is 62.5 Å². The number of nitrogens with one attached hydrogen (secondary N) is 1. The van der Waals surface area contributed by atoms with Crippen molar-refractivity contribution in [1.82, 2.24) is 5.32 Å². The summed E-state index contributed by atoms with van der Waals surface area (Å²) in [6, 6.07) is 3.28. The lowest BCUT2D eigenvalue weighted by Gasteiger charge is -2.13. The first-order valence-corrected chi connectivity index (χ1v) is 6.00.